The molecule has 0 aliphatic carbocycles. The number of likely N-dealkylation sites (tertiary alicyclic amines) is 1. The number of benzene rings is 2. The van der Waals surface area contributed by atoms with E-state index in [2.05, 4.69) is 15.2 Å². The third-order valence-electron chi connectivity index (χ3n) is 6.42. The second kappa shape index (κ2) is 12.2. The van der Waals surface area contributed by atoms with Crippen LogP contribution in [-0.2, 0) is 11.3 Å². The predicted octanol–water partition coefficient (Wildman–Crippen LogP) is 3.99. The zero-order chi connectivity index (χ0) is 26.4. The molecule has 198 valence electrons. The minimum atomic E-state index is -0.527. The zero-order valence-corrected chi connectivity index (χ0v) is 21.8. The summed E-state index contributed by atoms with van der Waals surface area (Å²) in [6.45, 7) is 7.31. The molecule has 0 radical (unpaired) electrons. The summed E-state index contributed by atoms with van der Waals surface area (Å²) in [5, 5.41) is 3.16. The van der Waals surface area contributed by atoms with Gasteiger partial charge in [-0.3, -0.25) is 14.2 Å². The molecule has 0 atom stereocenters. The van der Waals surface area contributed by atoms with Gasteiger partial charge in [-0.15, -0.1) is 0 Å². The van der Waals surface area contributed by atoms with Crippen LogP contribution in [0.25, 0.3) is 22.3 Å². The van der Waals surface area contributed by atoms with Gasteiger partial charge in [0.1, 0.15) is 18.1 Å². The molecular formula is C28H35FN4O4. The summed E-state index contributed by atoms with van der Waals surface area (Å²) in [5.41, 5.74) is 0.554. The van der Waals surface area contributed by atoms with E-state index in [9.17, 15) is 14.0 Å². The maximum absolute atomic E-state index is 14.1. The van der Waals surface area contributed by atoms with Crippen LogP contribution >= 0.6 is 0 Å². The van der Waals surface area contributed by atoms with Crippen molar-refractivity contribution in [2.75, 3.05) is 33.4 Å². The van der Waals surface area contributed by atoms with E-state index in [1.165, 1.54) is 49.1 Å². The van der Waals surface area contributed by atoms with E-state index in [1.54, 1.807) is 18.2 Å². The SMILES string of the molecule is COc1cc(-c2nc3ccc(OCCCN4CCCCC4)cc3c(=O)n2CC(=O)NC(C)C)ccc1F. The molecule has 2 heterocycles. The molecule has 0 saturated carbocycles. The molecule has 8 nitrogen and oxygen atoms in total. The second-order valence-electron chi connectivity index (χ2n) is 9.68. The lowest BCUT2D eigenvalue weighted by molar-refractivity contribution is -0.122. The molecule has 1 amide bonds. The van der Waals surface area contributed by atoms with Crippen LogP contribution in [-0.4, -0.2) is 59.8 Å². The Hall–Kier alpha value is -3.46. The molecule has 0 bridgehead atoms. The van der Waals surface area contributed by atoms with E-state index in [4.69, 9.17) is 9.47 Å². The van der Waals surface area contributed by atoms with Gasteiger partial charge < -0.3 is 19.7 Å². The fraction of sp³-hybridized carbons (Fsp3) is 0.464. The van der Waals surface area contributed by atoms with E-state index in [-0.39, 0.29) is 35.6 Å². The Kier molecular flexibility index (Phi) is 8.76. The van der Waals surface area contributed by atoms with Gasteiger partial charge in [0.2, 0.25) is 5.91 Å². The highest BCUT2D eigenvalue weighted by atomic mass is 19.1. The molecule has 37 heavy (non-hydrogen) atoms. The second-order valence-corrected chi connectivity index (χ2v) is 9.68. The van der Waals surface area contributed by atoms with Crippen LogP contribution in [0.5, 0.6) is 11.5 Å². The van der Waals surface area contributed by atoms with Gasteiger partial charge in [0.25, 0.3) is 5.56 Å². The summed E-state index contributed by atoms with van der Waals surface area (Å²) in [4.78, 5) is 33.4. The molecule has 2 aromatic carbocycles. The number of nitrogens with zero attached hydrogens (tertiary/aromatic N) is 3. The number of carbonyl (C=O) groups excluding carboxylic acids is 1. The topological polar surface area (TPSA) is 85.7 Å². The maximum Gasteiger partial charge on any atom is 0.262 e. The van der Waals surface area contributed by atoms with Crippen molar-refractivity contribution in [3.8, 4) is 22.9 Å². The lowest BCUT2D eigenvalue weighted by Crippen LogP contribution is -2.37. The van der Waals surface area contributed by atoms with Crippen LogP contribution < -0.4 is 20.3 Å². The summed E-state index contributed by atoms with van der Waals surface area (Å²) >= 11 is 0. The Balaban J connectivity index is 1.63. The molecule has 1 aromatic heterocycles. The predicted molar refractivity (Wildman–Crippen MR) is 142 cm³/mol. The Morgan fingerprint density at radius 3 is 2.65 bits per heavy atom. The molecule has 4 rings (SSSR count). The molecule has 1 aliphatic rings. The number of rotatable bonds is 10. The largest absolute Gasteiger partial charge is 0.494 e. The third-order valence-corrected chi connectivity index (χ3v) is 6.42. The van der Waals surface area contributed by atoms with Crippen LogP contribution in [0, 0.1) is 5.82 Å². The number of carbonyl (C=O) groups is 1. The summed E-state index contributed by atoms with van der Waals surface area (Å²) in [7, 11) is 1.37. The summed E-state index contributed by atoms with van der Waals surface area (Å²) in [6.07, 6.45) is 4.73. The number of halogens is 1. The van der Waals surface area contributed by atoms with Gasteiger partial charge in [-0.1, -0.05) is 6.42 Å². The van der Waals surface area contributed by atoms with Crippen molar-refractivity contribution in [3.05, 3.63) is 52.6 Å². The first-order chi connectivity index (χ1) is 17.9. The van der Waals surface area contributed by atoms with E-state index >= 15 is 0 Å². The van der Waals surface area contributed by atoms with Crippen molar-refractivity contribution in [1.29, 1.82) is 0 Å². The van der Waals surface area contributed by atoms with Crippen molar-refractivity contribution < 1.29 is 18.7 Å². The van der Waals surface area contributed by atoms with Gasteiger partial charge in [-0.05, 0) is 82.6 Å². The van der Waals surface area contributed by atoms with Gasteiger partial charge in [0.15, 0.2) is 11.6 Å². The lowest BCUT2D eigenvalue weighted by atomic mass is 10.1. The Bertz CT molecular complexity index is 1300. The minimum absolute atomic E-state index is 0.0262. The lowest BCUT2D eigenvalue weighted by Gasteiger charge is -2.26. The monoisotopic (exact) mass is 510 g/mol. The summed E-state index contributed by atoms with van der Waals surface area (Å²) < 4.78 is 26.4. The number of methoxy groups -OCH3 is 1. The highest BCUT2D eigenvalue weighted by Gasteiger charge is 2.18. The van der Waals surface area contributed by atoms with Gasteiger partial charge in [0, 0.05) is 18.2 Å². The van der Waals surface area contributed by atoms with Crippen LogP contribution in [0.2, 0.25) is 0 Å². The fourth-order valence-electron chi connectivity index (χ4n) is 4.63. The molecule has 3 aromatic rings. The smallest absolute Gasteiger partial charge is 0.262 e. The average molecular weight is 511 g/mol. The van der Waals surface area contributed by atoms with Gasteiger partial charge in [0.05, 0.1) is 24.6 Å². The van der Waals surface area contributed by atoms with E-state index < -0.39 is 5.82 Å². The normalized spacial score (nSPS) is 14.2. The van der Waals surface area contributed by atoms with E-state index in [0.29, 0.717) is 28.8 Å². The van der Waals surface area contributed by atoms with Crippen molar-refractivity contribution in [2.24, 2.45) is 0 Å². The molecule has 0 unspecified atom stereocenters. The maximum atomic E-state index is 14.1. The molecular weight excluding hydrogens is 475 g/mol. The first-order valence-electron chi connectivity index (χ1n) is 12.9. The Labute approximate surface area is 216 Å². The van der Waals surface area contributed by atoms with Crippen LogP contribution in [0.3, 0.4) is 0 Å². The molecule has 9 heteroatoms. The van der Waals surface area contributed by atoms with Crippen molar-refractivity contribution >= 4 is 16.8 Å². The molecule has 1 N–H and O–H groups in total. The van der Waals surface area contributed by atoms with Gasteiger partial charge >= 0.3 is 0 Å². The highest BCUT2D eigenvalue weighted by Crippen LogP contribution is 2.27. The third kappa shape index (κ3) is 6.65. The highest BCUT2D eigenvalue weighted by molar-refractivity contribution is 5.83. The minimum Gasteiger partial charge on any atom is -0.494 e. The Morgan fingerprint density at radius 1 is 1.14 bits per heavy atom. The summed E-state index contributed by atoms with van der Waals surface area (Å²) in [6, 6.07) is 9.36. The van der Waals surface area contributed by atoms with Crippen LogP contribution in [0.1, 0.15) is 39.5 Å². The van der Waals surface area contributed by atoms with Crippen molar-refractivity contribution in [2.45, 2.75) is 52.1 Å². The number of aromatic nitrogens is 2. The first kappa shape index (κ1) is 26.6. The van der Waals surface area contributed by atoms with Gasteiger partial charge in [-0.25, -0.2) is 9.37 Å². The zero-order valence-electron chi connectivity index (χ0n) is 21.8. The number of hydrogen-bond donors (Lipinski definition) is 1. The molecule has 1 fully saturated rings. The number of fused-ring (bicyclic) bond motifs is 1. The molecule has 1 saturated heterocycles. The summed E-state index contributed by atoms with van der Waals surface area (Å²) in [5.74, 6) is 0.0157. The molecule has 1 aliphatic heterocycles. The fourth-order valence-corrected chi connectivity index (χ4v) is 4.63. The number of nitrogens with one attached hydrogen (secondary N) is 1. The van der Waals surface area contributed by atoms with Crippen molar-refractivity contribution in [1.82, 2.24) is 19.8 Å². The van der Waals surface area contributed by atoms with Crippen molar-refractivity contribution in [3.63, 3.8) is 0 Å². The quantitative estimate of drug-likeness (QED) is 0.415. The van der Waals surface area contributed by atoms with E-state index in [1.807, 2.05) is 13.8 Å². The Morgan fingerprint density at radius 2 is 1.92 bits per heavy atom. The van der Waals surface area contributed by atoms with Gasteiger partial charge in [-0.2, -0.15) is 0 Å². The van der Waals surface area contributed by atoms with Crippen LogP contribution in [0.15, 0.2) is 41.2 Å². The first-order valence-corrected chi connectivity index (χ1v) is 12.9. The standard InChI is InChI=1S/C28H35FN4O4/c1-19(2)30-26(34)18-33-27(20-8-10-23(29)25(16-20)36-3)31-24-11-9-21(17-22(24)28(33)35)37-15-7-14-32-12-5-4-6-13-32/h8-11,16-17,19H,4-7,12-15,18H2,1-3H3,(H,30,34). The number of amides is 1. The number of hydrogen-bond acceptors (Lipinski definition) is 6. The average Bonchev–Trinajstić information content (AvgIpc) is 2.89. The number of piperidine rings is 1. The molecule has 0 spiro atoms. The number of ether oxygens (including phenoxy) is 2. The van der Waals surface area contributed by atoms with E-state index in [0.717, 1.165) is 26.1 Å². The van der Waals surface area contributed by atoms with Crippen LogP contribution in [0.4, 0.5) is 4.39 Å².